The van der Waals surface area contributed by atoms with Crippen LogP contribution in [0.3, 0.4) is 0 Å². The van der Waals surface area contributed by atoms with Crippen LogP contribution in [0.5, 0.6) is 0 Å². The van der Waals surface area contributed by atoms with Crippen molar-refractivity contribution in [3.63, 3.8) is 0 Å². The molecule has 4 unspecified atom stereocenters. The van der Waals surface area contributed by atoms with Crippen LogP contribution >= 0.6 is 23.2 Å². The largest absolute Gasteiger partial charge is 0.354 e. The van der Waals surface area contributed by atoms with Crippen molar-refractivity contribution < 1.29 is 36.0 Å². The molecule has 0 radical (unpaired) electrons. The summed E-state index contributed by atoms with van der Waals surface area (Å²) in [4.78, 5) is 73.2. The van der Waals surface area contributed by atoms with Crippen molar-refractivity contribution >= 4 is 101 Å². The third-order valence-electron chi connectivity index (χ3n) is 14.9. The van der Waals surface area contributed by atoms with E-state index in [1.165, 1.54) is 36.4 Å². The quantitative estimate of drug-likeness (QED) is 0.0927. The number of hydrogen-bond donors (Lipinski definition) is 4. The number of likely N-dealkylation sites (tertiary alicyclic amines) is 2. The minimum atomic E-state index is -3.67. The number of benzene rings is 2. The van der Waals surface area contributed by atoms with Gasteiger partial charge in [-0.15, -0.1) is 0 Å². The Morgan fingerprint density at radius 2 is 1.00 bits per heavy atom. The minimum absolute atomic E-state index is 0.150. The molecule has 4 aliphatic rings. The maximum absolute atomic E-state index is 14.1. The van der Waals surface area contributed by atoms with E-state index in [4.69, 9.17) is 43.4 Å². The summed E-state index contributed by atoms with van der Waals surface area (Å²) >= 11 is 12.6. The summed E-state index contributed by atoms with van der Waals surface area (Å²) in [5.74, 6) is -0.913. The van der Waals surface area contributed by atoms with E-state index in [-0.39, 0.29) is 70.3 Å². The lowest BCUT2D eigenvalue weighted by Gasteiger charge is -2.35. The molecule has 4 aromatic heterocycles. The number of carbonyl (C=O) groups is 4. The highest BCUT2D eigenvalue weighted by Gasteiger charge is 2.36. The first-order chi connectivity index (χ1) is 37.0. The first-order valence-electron chi connectivity index (χ1n) is 26.1. The van der Waals surface area contributed by atoms with Crippen molar-refractivity contribution in [2.75, 3.05) is 71.0 Å². The molecule has 26 heteroatoms. The van der Waals surface area contributed by atoms with Gasteiger partial charge in [-0.05, 0) is 109 Å². The number of sulfonamides is 2. The van der Waals surface area contributed by atoms with E-state index in [2.05, 4.69) is 29.9 Å². The van der Waals surface area contributed by atoms with E-state index >= 15 is 0 Å². The van der Waals surface area contributed by atoms with E-state index < -0.39 is 26.0 Å². The van der Waals surface area contributed by atoms with Crippen LogP contribution in [-0.4, -0.2) is 143 Å². The number of anilines is 4. The zero-order chi connectivity index (χ0) is 55.4. The second kappa shape index (κ2) is 21.8. The minimum Gasteiger partial charge on any atom is -0.354 e. The fourth-order valence-corrected chi connectivity index (χ4v) is 12.7. The second-order valence-electron chi connectivity index (χ2n) is 21.0. The van der Waals surface area contributed by atoms with Crippen LogP contribution in [0.2, 0.25) is 10.0 Å². The molecular weight excluding hydrogens is 1080 g/mol. The van der Waals surface area contributed by atoms with Crippen molar-refractivity contribution in [1.29, 1.82) is 0 Å². The molecule has 0 bridgehead atoms. The number of carbonyl (C=O) groups excluding carboxylic acids is 4. The lowest BCUT2D eigenvalue weighted by Crippen LogP contribution is -2.47. The number of rotatable bonds is 14. The smallest absolute Gasteiger partial charge is 0.256 e. The molecule has 4 atom stereocenters. The Bertz CT molecular complexity index is 3360. The Balaban J connectivity index is 0.747. The average molecular weight is 1150 g/mol. The molecule has 4 aliphatic heterocycles. The summed E-state index contributed by atoms with van der Waals surface area (Å²) in [6.07, 6.45) is 11.7. The van der Waals surface area contributed by atoms with Gasteiger partial charge < -0.3 is 30.2 Å². The van der Waals surface area contributed by atoms with Gasteiger partial charge in [0.1, 0.15) is 17.6 Å². The highest BCUT2D eigenvalue weighted by atomic mass is 35.5. The van der Waals surface area contributed by atoms with E-state index in [0.717, 1.165) is 61.0 Å². The lowest BCUT2D eigenvalue weighted by molar-refractivity contribution is -0.135. The molecule has 0 aliphatic carbocycles. The molecule has 78 heavy (non-hydrogen) atoms. The molecule has 2 aromatic carbocycles. The number of piperidine rings is 2. The van der Waals surface area contributed by atoms with Crippen molar-refractivity contribution in [2.45, 2.75) is 96.3 Å². The summed E-state index contributed by atoms with van der Waals surface area (Å²) in [7, 11) is -7.34. The summed E-state index contributed by atoms with van der Waals surface area (Å²) in [6, 6.07) is 11.5. The topological polar surface area (TPSA) is 258 Å². The summed E-state index contributed by atoms with van der Waals surface area (Å²) in [5, 5.41) is 16.5. The molecule has 6 aromatic rings. The van der Waals surface area contributed by atoms with Crippen molar-refractivity contribution in [2.24, 2.45) is 5.92 Å². The molecule has 8 heterocycles. The molecule has 4 fully saturated rings. The van der Waals surface area contributed by atoms with Gasteiger partial charge in [-0.3, -0.25) is 28.6 Å². The van der Waals surface area contributed by atoms with Gasteiger partial charge >= 0.3 is 0 Å². The molecule has 4 amide bonds. The van der Waals surface area contributed by atoms with Crippen molar-refractivity contribution in [3.8, 4) is 0 Å². The summed E-state index contributed by atoms with van der Waals surface area (Å²) < 4.78 is 56.9. The Morgan fingerprint density at radius 3 is 1.40 bits per heavy atom. The standard InChI is InChI=1S/C52H62Cl2N14O8S2/c1-30-26-67-45(24-41(59-67)43-10-6-8-18-65(43)51(71)37-22-33(53)12-14-39(37)61-77(4,73)74)57-47(30)63-20-16-35(28-63)55-49(69)32(3)50(70)56-36-17-21-64(29-36)48-31(2)27-68-46(58-48)25-42(60-68)44-11-7-9-19-66(44)52(72)38-23-34(54)13-15-40(38)62-78(5,75)76/h12-15,22-27,32,35-36,43-44,61-62H,6-11,16-21,28-29H2,1-5H3,(H,55,69)(H,56,70). The van der Waals surface area contributed by atoms with Gasteiger partial charge in [0.2, 0.25) is 31.9 Å². The molecule has 22 nitrogen and oxygen atoms in total. The first kappa shape index (κ1) is 54.6. The zero-order valence-electron chi connectivity index (χ0n) is 43.9. The van der Waals surface area contributed by atoms with Crippen LogP contribution in [0.4, 0.5) is 23.0 Å². The predicted octanol–water partition coefficient (Wildman–Crippen LogP) is 5.90. The summed E-state index contributed by atoms with van der Waals surface area (Å²) in [6.45, 7) is 8.62. The van der Waals surface area contributed by atoms with E-state index in [1.807, 2.05) is 38.4 Å². The molecule has 0 saturated carbocycles. The number of amides is 4. The van der Waals surface area contributed by atoms with Gasteiger partial charge in [-0.25, -0.2) is 35.8 Å². The normalized spacial score (nSPS) is 20.6. The lowest BCUT2D eigenvalue weighted by atomic mass is 9.98. The van der Waals surface area contributed by atoms with Crippen LogP contribution in [0.25, 0.3) is 11.3 Å². The van der Waals surface area contributed by atoms with Gasteiger partial charge in [0, 0.05) is 97.1 Å². The number of fused-ring (bicyclic) bond motifs is 2. The average Bonchev–Trinajstić information content (AvgIpc) is 4.24. The third-order valence-corrected chi connectivity index (χ3v) is 16.6. The van der Waals surface area contributed by atoms with Crippen LogP contribution in [0.1, 0.15) is 114 Å². The van der Waals surface area contributed by atoms with Crippen LogP contribution in [0.15, 0.2) is 60.9 Å². The van der Waals surface area contributed by atoms with Gasteiger partial charge in [-0.1, -0.05) is 23.2 Å². The maximum atomic E-state index is 14.1. The number of nitrogens with zero attached hydrogens (tertiary/aromatic N) is 10. The highest BCUT2D eigenvalue weighted by molar-refractivity contribution is 7.92. The second-order valence-corrected chi connectivity index (χ2v) is 25.4. The monoisotopic (exact) mass is 1140 g/mol. The number of hydrogen-bond acceptors (Lipinski definition) is 14. The van der Waals surface area contributed by atoms with Gasteiger partial charge in [0.25, 0.3) is 11.8 Å². The Labute approximate surface area is 462 Å². The predicted molar refractivity (Wildman–Crippen MR) is 297 cm³/mol. The fraction of sp³-hybridized carbons (Fsp3) is 0.462. The molecule has 10 rings (SSSR count). The SMILES string of the molecule is Cc1cn2nc(C3CCCCN3C(=O)c3cc(Cl)ccc3NS(C)(=O)=O)cc2nc1N1CCC(NC(=O)C(C)C(=O)NC2CCN(c3nc4cc(C5CCCCN5C(=O)c5cc(Cl)ccc5NS(C)(=O)=O)nn4cc3C)C2)C1. The van der Waals surface area contributed by atoms with Gasteiger partial charge in [0.05, 0.1) is 58.5 Å². The maximum Gasteiger partial charge on any atom is 0.256 e. The molecule has 4 saturated heterocycles. The van der Waals surface area contributed by atoms with Crippen molar-refractivity contribution in [3.05, 3.63) is 105 Å². The fourth-order valence-electron chi connectivity index (χ4n) is 11.2. The Hall–Kier alpha value is -6.76. The van der Waals surface area contributed by atoms with Gasteiger partial charge in [0.15, 0.2) is 11.3 Å². The molecule has 414 valence electrons. The highest BCUT2D eigenvalue weighted by Crippen LogP contribution is 2.37. The number of nitrogens with one attached hydrogen (secondary N) is 4. The van der Waals surface area contributed by atoms with Crippen LogP contribution < -0.4 is 29.9 Å². The van der Waals surface area contributed by atoms with Crippen molar-refractivity contribution in [1.82, 2.24) is 49.6 Å². The van der Waals surface area contributed by atoms with E-state index in [9.17, 15) is 36.0 Å². The van der Waals surface area contributed by atoms with E-state index in [0.29, 0.717) is 97.7 Å². The Morgan fingerprint density at radius 1 is 0.590 bits per heavy atom. The molecule has 4 N–H and O–H groups in total. The van der Waals surface area contributed by atoms with Crippen LogP contribution in [0, 0.1) is 19.8 Å². The number of halogens is 2. The summed E-state index contributed by atoms with van der Waals surface area (Å²) in [5.41, 5.74) is 4.84. The van der Waals surface area contributed by atoms with E-state index in [1.54, 1.807) is 25.8 Å². The first-order valence-corrected chi connectivity index (χ1v) is 30.6. The Kier molecular flexibility index (Phi) is 15.3. The molecular formula is C52H62Cl2N14O8S2. The van der Waals surface area contributed by atoms with Gasteiger partial charge in [-0.2, -0.15) is 10.2 Å². The third kappa shape index (κ3) is 11.8. The molecule has 0 spiro atoms. The van der Waals surface area contributed by atoms with Crippen LogP contribution in [-0.2, 0) is 29.6 Å². The number of aromatic nitrogens is 6. The number of aryl methyl sites for hydroxylation is 2. The zero-order valence-corrected chi connectivity index (χ0v) is 47.0.